The zero-order valence-electron chi connectivity index (χ0n) is 17.5. The largest absolute Gasteiger partial charge is 0.494 e. The third kappa shape index (κ3) is 4.66. The number of aromatic amines is 1. The number of carbonyl (C=O) groups excluding carboxylic acids is 2. The normalized spacial score (nSPS) is 14.5. The van der Waals surface area contributed by atoms with E-state index < -0.39 is 28.2 Å². The number of amides is 2. The highest BCUT2D eigenvalue weighted by Crippen LogP contribution is 2.33. The van der Waals surface area contributed by atoms with Crippen molar-refractivity contribution < 1.29 is 19.2 Å². The number of halogens is 1. The summed E-state index contributed by atoms with van der Waals surface area (Å²) in [6, 6.07) is 10.3. The predicted molar refractivity (Wildman–Crippen MR) is 124 cm³/mol. The Kier molecular flexibility index (Phi) is 6.15. The van der Waals surface area contributed by atoms with E-state index >= 15 is 0 Å². The van der Waals surface area contributed by atoms with E-state index in [0.717, 1.165) is 6.07 Å². The molecule has 4 rings (SSSR count). The van der Waals surface area contributed by atoms with Crippen LogP contribution in [-0.4, -0.2) is 33.8 Å². The minimum Gasteiger partial charge on any atom is -0.494 e. The molecule has 0 saturated carbocycles. The maximum atomic E-state index is 13.0. The molecule has 0 radical (unpaired) electrons. The summed E-state index contributed by atoms with van der Waals surface area (Å²) in [5, 5.41) is 19.5. The number of rotatable bonds is 6. The smallest absolute Gasteiger partial charge is 0.273 e. The molecule has 0 unspecified atom stereocenters. The van der Waals surface area contributed by atoms with E-state index in [-0.39, 0.29) is 40.9 Å². The van der Waals surface area contributed by atoms with Gasteiger partial charge >= 0.3 is 0 Å². The van der Waals surface area contributed by atoms with Gasteiger partial charge in [0.05, 0.1) is 35.3 Å². The highest BCUT2D eigenvalue weighted by molar-refractivity contribution is 6.30. The highest BCUT2D eigenvalue weighted by atomic mass is 35.5. The zero-order chi connectivity index (χ0) is 24.4. The molecule has 2 amide bonds. The number of aromatic nitrogens is 2. The number of anilines is 4. The molecule has 1 aromatic heterocycles. The minimum atomic E-state index is -1.15. The molecule has 0 spiro atoms. The molecule has 0 saturated heterocycles. The number of ether oxygens (including phenoxy) is 1. The molecule has 1 atom stereocenters. The second-order valence-corrected chi connectivity index (χ2v) is 7.68. The SMILES string of the molecule is COc1cc([N+](=O)[O-])ccc1NC(=O)[C@@H]1CC(=O)Nc2nc(Nc3ccc(Cl)cc3)[nH]c(=O)c21. The molecule has 0 aliphatic carbocycles. The number of carbonyl (C=O) groups is 2. The molecule has 13 heteroatoms. The lowest BCUT2D eigenvalue weighted by atomic mass is 9.92. The van der Waals surface area contributed by atoms with E-state index in [1.54, 1.807) is 24.3 Å². The Morgan fingerprint density at radius 2 is 1.97 bits per heavy atom. The summed E-state index contributed by atoms with van der Waals surface area (Å²) in [6.07, 6.45) is -0.289. The average Bonchev–Trinajstić information content (AvgIpc) is 2.79. The van der Waals surface area contributed by atoms with Crippen molar-refractivity contribution in [2.24, 2.45) is 0 Å². The lowest BCUT2D eigenvalue weighted by Crippen LogP contribution is -2.36. The van der Waals surface area contributed by atoms with Crippen molar-refractivity contribution in [2.45, 2.75) is 12.3 Å². The molecular formula is C21H17ClN6O6. The van der Waals surface area contributed by atoms with Crippen molar-refractivity contribution in [3.05, 3.63) is 73.5 Å². The number of benzene rings is 2. The first-order valence-corrected chi connectivity index (χ1v) is 10.2. The fourth-order valence-corrected chi connectivity index (χ4v) is 3.57. The number of fused-ring (bicyclic) bond motifs is 1. The van der Waals surface area contributed by atoms with E-state index in [1.165, 1.54) is 19.2 Å². The topological polar surface area (TPSA) is 168 Å². The Balaban J connectivity index is 1.63. The van der Waals surface area contributed by atoms with Crippen molar-refractivity contribution in [1.29, 1.82) is 0 Å². The number of methoxy groups -OCH3 is 1. The molecule has 3 aromatic rings. The van der Waals surface area contributed by atoms with Crippen molar-refractivity contribution in [3.63, 3.8) is 0 Å². The Labute approximate surface area is 196 Å². The number of H-pyrrole nitrogens is 1. The van der Waals surface area contributed by atoms with Gasteiger partial charge in [-0.1, -0.05) is 11.6 Å². The Morgan fingerprint density at radius 3 is 2.65 bits per heavy atom. The Hall–Kier alpha value is -4.45. The fourth-order valence-electron chi connectivity index (χ4n) is 3.44. The number of hydrogen-bond donors (Lipinski definition) is 4. The number of nitro benzene ring substituents is 1. The van der Waals surface area contributed by atoms with Crippen molar-refractivity contribution in [1.82, 2.24) is 9.97 Å². The molecule has 34 heavy (non-hydrogen) atoms. The predicted octanol–water partition coefficient (Wildman–Crippen LogP) is 3.15. The molecule has 12 nitrogen and oxygen atoms in total. The van der Waals surface area contributed by atoms with Gasteiger partial charge in [0.25, 0.3) is 11.2 Å². The first-order valence-electron chi connectivity index (χ1n) is 9.85. The van der Waals surface area contributed by atoms with Crippen LogP contribution >= 0.6 is 11.6 Å². The lowest BCUT2D eigenvalue weighted by Gasteiger charge is -2.24. The molecule has 0 bridgehead atoms. The molecule has 1 aliphatic heterocycles. The molecule has 174 valence electrons. The molecule has 4 N–H and O–H groups in total. The number of hydrogen-bond acceptors (Lipinski definition) is 8. The fraction of sp³-hybridized carbons (Fsp3) is 0.143. The van der Waals surface area contributed by atoms with Crippen molar-refractivity contribution in [3.8, 4) is 5.75 Å². The summed E-state index contributed by atoms with van der Waals surface area (Å²) in [7, 11) is 1.29. The van der Waals surface area contributed by atoms with Gasteiger partial charge in [-0.2, -0.15) is 4.98 Å². The van der Waals surface area contributed by atoms with Crippen molar-refractivity contribution >= 4 is 52.2 Å². The first kappa shape index (κ1) is 22.7. The van der Waals surface area contributed by atoms with Crippen LogP contribution in [0.3, 0.4) is 0 Å². The summed E-state index contributed by atoms with van der Waals surface area (Å²) in [5.41, 5.74) is -0.110. The first-order chi connectivity index (χ1) is 16.2. The molecule has 2 aromatic carbocycles. The third-order valence-electron chi connectivity index (χ3n) is 5.03. The molecule has 1 aliphatic rings. The Morgan fingerprint density at radius 1 is 1.24 bits per heavy atom. The number of non-ortho nitro benzene ring substituents is 1. The average molecular weight is 485 g/mol. The summed E-state index contributed by atoms with van der Waals surface area (Å²) in [4.78, 5) is 55.3. The van der Waals surface area contributed by atoms with E-state index in [2.05, 4.69) is 25.9 Å². The number of nitrogens with one attached hydrogen (secondary N) is 4. The van der Waals surface area contributed by atoms with Gasteiger partial charge in [0.15, 0.2) is 0 Å². The summed E-state index contributed by atoms with van der Waals surface area (Å²) in [5.74, 6) is -2.26. The van der Waals surface area contributed by atoms with Crippen LogP contribution in [0.15, 0.2) is 47.3 Å². The summed E-state index contributed by atoms with van der Waals surface area (Å²) < 4.78 is 5.12. The molecular weight excluding hydrogens is 468 g/mol. The second-order valence-electron chi connectivity index (χ2n) is 7.24. The van der Waals surface area contributed by atoms with E-state index in [4.69, 9.17) is 16.3 Å². The van der Waals surface area contributed by atoms with Gasteiger partial charge in [-0.25, -0.2) is 0 Å². The standard InChI is InChI=1S/C21H17ClN6O6/c1-34-15-8-12(28(32)33)6-7-14(15)24-19(30)13-9-16(29)25-18-17(13)20(31)27-21(26-18)23-11-4-2-10(22)3-5-11/h2-8,13H,9H2,1H3,(H,24,30)(H3,23,25,26,27,29,31)/t13-/m1/s1. The van der Waals surface area contributed by atoms with Gasteiger partial charge in [-0.15, -0.1) is 0 Å². The second kappa shape index (κ2) is 9.19. The van der Waals surface area contributed by atoms with Crippen LogP contribution in [0.1, 0.15) is 17.9 Å². The van der Waals surface area contributed by atoms with Crippen LogP contribution in [0.5, 0.6) is 5.75 Å². The maximum Gasteiger partial charge on any atom is 0.273 e. The Bertz CT molecular complexity index is 1360. The summed E-state index contributed by atoms with van der Waals surface area (Å²) >= 11 is 5.87. The van der Waals surface area contributed by atoms with Crippen LogP contribution in [0.4, 0.5) is 28.8 Å². The molecule has 0 fully saturated rings. The minimum absolute atomic E-state index is 0.0142. The summed E-state index contributed by atoms with van der Waals surface area (Å²) in [6.45, 7) is 0. The quantitative estimate of drug-likeness (QED) is 0.305. The number of nitro groups is 1. The maximum absolute atomic E-state index is 13.0. The number of nitrogens with zero attached hydrogens (tertiary/aromatic N) is 2. The van der Waals surface area contributed by atoms with E-state index in [9.17, 15) is 24.5 Å². The van der Waals surface area contributed by atoms with Gasteiger partial charge in [0, 0.05) is 23.2 Å². The van der Waals surface area contributed by atoms with Crippen LogP contribution in [0, 0.1) is 10.1 Å². The van der Waals surface area contributed by atoms with Gasteiger partial charge in [0.2, 0.25) is 17.8 Å². The van der Waals surface area contributed by atoms with Gasteiger partial charge in [0.1, 0.15) is 11.6 Å². The van der Waals surface area contributed by atoms with E-state index in [0.29, 0.717) is 10.7 Å². The van der Waals surface area contributed by atoms with Gasteiger partial charge in [-0.3, -0.25) is 29.5 Å². The van der Waals surface area contributed by atoms with Gasteiger partial charge < -0.3 is 20.7 Å². The van der Waals surface area contributed by atoms with Gasteiger partial charge in [-0.05, 0) is 30.3 Å². The third-order valence-corrected chi connectivity index (χ3v) is 5.28. The van der Waals surface area contributed by atoms with Crippen LogP contribution in [-0.2, 0) is 9.59 Å². The lowest BCUT2D eigenvalue weighted by molar-refractivity contribution is -0.384. The van der Waals surface area contributed by atoms with Crippen LogP contribution in [0.25, 0.3) is 0 Å². The van der Waals surface area contributed by atoms with E-state index in [1.807, 2.05) is 0 Å². The molecule has 2 heterocycles. The van der Waals surface area contributed by atoms with Crippen molar-refractivity contribution in [2.75, 3.05) is 23.1 Å². The van der Waals surface area contributed by atoms with Crippen LogP contribution in [0.2, 0.25) is 5.02 Å². The monoisotopic (exact) mass is 484 g/mol. The highest BCUT2D eigenvalue weighted by Gasteiger charge is 2.35. The van der Waals surface area contributed by atoms with Crippen LogP contribution < -0.4 is 26.2 Å². The zero-order valence-corrected chi connectivity index (χ0v) is 18.3.